The molecule has 1 aromatic carbocycles. The van der Waals surface area contributed by atoms with Gasteiger partial charge < -0.3 is 10.2 Å². The van der Waals surface area contributed by atoms with Crippen LogP contribution in [-0.2, 0) is 4.79 Å². The van der Waals surface area contributed by atoms with Crippen LogP contribution in [0.15, 0.2) is 29.8 Å². The molecule has 128 valence electrons. The van der Waals surface area contributed by atoms with Crippen molar-refractivity contribution < 1.29 is 9.59 Å². The third kappa shape index (κ3) is 3.10. The first-order chi connectivity index (χ1) is 12.2. The van der Waals surface area contributed by atoms with E-state index in [0.717, 1.165) is 23.7 Å². The summed E-state index contributed by atoms with van der Waals surface area (Å²) in [6.07, 6.45) is 1.53. The van der Waals surface area contributed by atoms with Crippen molar-refractivity contribution in [2.24, 2.45) is 5.92 Å². The molecule has 25 heavy (non-hydrogen) atoms. The van der Waals surface area contributed by atoms with Gasteiger partial charge in [0.15, 0.2) is 5.69 Å². The highest BCUT2D eigenvalue weighted by Gasteiger charge is 2.30. The molecule has 1 saturated heterocycles. The summed E-state index contributed by atoms with van der Waals surface area (Å²) >= 11 is 1.27. The third-order valence-electron chi connectivity index (χ3n) is 4.34. The number of aromatic amines is 1. The van der Waals surface area contributed by atoms with Gasteiger partial charge in [0.2, 0.25) is 11.0 Å². The Bertz CT molecular complexity index is 906. The molecule has 1 atom stereocenters. The highest BCUT2D eigenvalue weighted by molar-refractivity contribution is 7.13. The fraction of sp³-hybridized carbons (Fsp3) is 0.312. The van der Waals surface area contributed by atoms with Gasteiger partial charge in [0.05, 0.1) is 11.4 Å². The normalized spacial score (nSPS) is 17.6. The van der Waals surface area contributed by atoms with Crippen LogP contribution in [-0.4, -0.2) is 50.2 Å². The topological polar surface area (TPSA) is 104 Å². The Morgan fingerprint density at radius 1 is 1.32 bits per heavy atom. The van der Waals surface area contributed by atoms with E-state index in [4.69, 9.17) is 0 Å². The first-order valence-electron chi connectivity index (χ1n) is 8.02. The van der Waals surface area contributed by atoms with E-state index in [-0.39, 0.29) is 17.7 Å². The van der Waals surface area contributed by atoms with Gasteiger partial charge >= 0.3 is 0 Å². The second kappa shape index (κ2) is 6.60. The molecule has 0 saturated carbocycles. The van der Waals surface area contributed by atoms with Gasteiger partial charge in [0, 0.05) is 18.5 Å². The summed E-state index contributed by atoms with van der Waals surface area (Å²) in [6.45, 7) is 1.01. The van der Waals surface area contributed by atoms with Gasteiger partial charge in [-0.15, -0.1) is 10.2 Å². The summed E-state index contributed by atoms with van der Waals surface area (Å²) in [4.78, 5) is 27.0. The molecule has 2 amide bonds. The van der Waals surface area contributed by atoms with Gasteiger partial charge in [-0.25, -0.2) is 0 Å². The first-order valence-corrected chi connectivity index (χ1v) is 8.90. The lowest BCUT2D eigenvalue weighted by Crippen LogP contribution is -2.44. The van der Waals surface area contributed by atoms with E-state index in [0.29, 0.717) is 23.9 Å². The van der Waals surface area contributed by atoms with Gasteiger partial charge in [0.1, 0.15) is 5.51 Å². The maximum absolute atomic E-state index is 12.9. The molecule has 9 heteroatoms. The number of piperidine rings is 1. The number of aromatic nitrogens is 4. The molecule has 4 rings (SSSR count). The van der Waals surface area contributed by atoms with Gasteiger partial charge in [-0.05, 0) is 18.9 Å². The number of carbonyl (C=O) groups excluding carboxylic acids is 2. The molecule has 3 heterocycles. The van der Waals surface area contributed by atoms with Crippen molar-refractivity contribution in [3.8, 4) is 0 Å². The fourth-order valence-corrected chi connectivity index (χ4v) is 3.53. The minimum Gasteiger partial charge on any atom is -0.336 e. The van der Waals surface area contributed by atoms with Crippen LogP contribution in [0.25, 0.3) is 10.9 Å². The van der Waals surface area contributed by atoms with Crippen LogP contribution in [0.5, 0.6) is 0 Å². The Morgan fingerprint density at radius 3 is 3.04 bits per heavy atom. The number of nitrogens with zero attached hydrogens (tertiary/aromatic N) is 4. The van der Waals surface area contributed by atoms with Crippen molar-refractivity contribution in [1.82, 2.24) is 25.3 Å². The van der Waals surface area contributed by atoms with Crippen LogP contribution in [0.2, 0.25) is 0 Å². The van der Waals surface area contributed by atoms with E-state index in [2.05, 4.69) is 25.7 Å². The quantitative estimate of drug-likeness (QED) is 0.746. The Kier molecular flexibility index (Phi) is 4.14. The highest BCUT2D eigenvalue weighted by atomic mass is 32.1. The summed E-state index contributed by atoms with van der Waals surface area (Å²) < 4.78 is 0. The lowest BCUT2D eigenvalue weighted by Gasteiger charge is -2.31. The zero-order chi connectivity index (χ0) is 17.2. The Balaban J connectivity index is 1.49. The monoisotopic (exact) mass is 356 g/mol. The van der Waals surface area contributed by atoms with Crippen molar-refractivity contribution in [3.63, 3.8) is 0 Å². The molecule has 3 aromatic rings. The van der Waals surface area contributed by atoms with Crippen LogP contribution in [0.3, 0.4) is 0 Å². The maximum Gasteiger partial charge on any atom is 0.275 e. The van der Waals surface area contributed by atoms with E-state index in [1.807, 2.05) is 24.3 Å². The number of H-pyrrole nitrogens is 1. The number of hydrogen-bond donors (Lipinski definition) is 2. The second-order valence-corrected chi connectivity index (χ2v) is 6.77. The third-order valence-corrected chi connectivity index (χ3v) is 4.95. The summed E-state index contributed by atoms with van der Waals surface area (Å²) in [5.41, 5.74) is 2.80. The van der Waals surface area contributed by atoms with Crippen LogP contribution in [0, 0.1) is 5.92 Å². The van der Waals surface area contributed by atoms with Crippen LogP contribution in [0.4, 0.5) is 5.13 Å². The van der Waals surface area contributed by atoms with Gasteiger partial charge in [-0.1, -0.05) is 29.5 Å². The van der Waals surface area contributed by atoms with Crippen LogP contribution < -0.4 is 5.32 Å². The molecular formula is C16H16N6O2S. The van der Waals surface area contributed by atoms with Crippen molar-refractivity contribution in [1.29, 1.82) is 0 Å². The number of nitrogens with one attached hydrogen (secondary N) is 2. The minimum absolute atomic E-state index is 0.124. The number of para-hydroxylation sites is 1. The van der Waals surface area contributed by atoms with Crippen LogP contribution in [0.1, 0.15) is 23.3 Å². The Labute approximate surface area is 147 Å². The number of amides is 2. The molecule has 0 bridgehead atoms. The number of anilines is 1. The molecular weight excluding hydrogens is 340 g/mol. The van der Waals surface area contributed by atoms with E-state index in [9.17, 15) is 9.59 Å². The van der Waals surface area contributed by atoms with Gasteiger partial charge in [-0.2, -0.15) is 5.10 Å². The number of rotatable bonds is 3. The average molecular weight is 356 g/mol. The molecule has 8 nitrogen and oxygen atoms in total. The number of carbonyl (C=O) groups is 2. The lowest BCUT2D eigenvalue weighted by atomic mass is 9.97. The molecule has 2 aromatic heterocycles. The van der Waals surface area contributed by atoms with Crippen molar-refractivity contribution in [2.75, 3.05) is 18.4 Å². The van der Waals surface area contributed by atoms with Crippen molar-refractivity contribution in [2.45, 2.75) is 12.8 Å². The number of fused-ring (bicyclic) bond motifs is 1. The molecule has 2 N–H and O–H groups in total. The first kappa shape index (κ1) is 15.7. The van der Waals surface area contributed by atoms with E-state index in [1.165, 1.54) is 11.3 Å². The van der Waals surface area contributed by atoms with E-state index < -0.39 is 0 Å². The molecule has 0 radical (unpaired) electrons. The number of benzene rings is 1. The minimum atomic E-state index is -0.258. The van der Waals surface area contributed by atoms with E-state index in [1.54, 1.807) is 10.4 Å². The Hall–Kier alpha value is -2.81. The highest BCUT2D eigenvalue weighted by Crippen LogP contribution is 2.23. The zero-order valence-corrected chi connectivity index (χ0v) is 14.1. The van der Waals surface area contributed by atoms with Crippen molar-refractivity contribution >= 4 is 39.2 Å². The van der Waals surface area contributed by atoms with Crippen LogP contribution >= 0.6 is 11.3 Å². The molecule has 0 aliphatic carbocycles. The molecule has 1 aliphatic rings. The number of likely N-dealkylation sites (tertiary alicyclic amines) is 1. The zero-order valence-electron chi connectivity index (χ0n) is 13.3. The summed E-state index contributed by atoms with van der Waals surface area (Å²) in [5, 5.41) is 18.6. The molecule has 1 unspecified atom stereocenters. The maximum atomic E-state index is 12.9. The second-order valence-electron chi connectivity index (χ2n) is 5.94. The smallest absolute Gasteiger partial charge is 0.275 e. The Morgan fingerprint density at radius 2 is 2.20 bits per heavy atom. The van der Waals surface area contributed by atoms with Crippen molar-refractivity contribution in [3.05, 3.63) is 35.5 Å². The standard InChI is InChI=1S/C16H16N6O2S/c23-14(18-16-21-17-9-25-16)10-4-3-7-22(8-10)15(24)13-11-5-1-2-6-12(11)19-20-13/h1-2,5-6,9-10H,3-4,7-8H2,(H,19,20)(H,18,21,23). The summed E-state index contributed by atoms with van der Waals surface area (Å²) in [6, 6.07) is 7.52. The van der Waals surface area contributed by atoms with E-state index >= 15 is 0 Å². The molecule has 1 aliphatic heterocycles. The fourth-order valence-electron chi connectivity index (χ4n) is 3.09. The number of hydrogen-bond acceptors (Lipinski definition) is 6. The average Bonchev–Trinajstić information content (AvgIpc) is 3.30. The summed E-state index contributed by atoms with van der Waals surface area (Å²) in [7, 11) is 0. The largest absolute Gasteiger partial charge is 0.336 e. The lowest BCUT2D eigenvalue weighted by molar-refractivity contribution is -0.121. The van der Waals surface area contributed by atoms with Gasteiger partial charge in [-0.3, -0.25) is 14.7 Å². The summed E-state index contributed by atoms with van der Waals surface area (Å²) in [5.74, 6) is -0.529. The SMILES string of the molecule is O=C(Nc1nncs1)C1CCCN(C(=O)c2n[nH]c3ccccc23)C1. The predicted octanol–water partition coefficient (Wildman–Crippen LogP) is 1.91. The molecule has 1 fully saturated rings. The van der Waals surface area contributed by atoms with Gasteiger partial charge in [0.25, 0.3) is 5.91 Å². The molecule has 0 spiro atoms. The predicted molar refractivity (Wildman–Crippen MR) is 93.3 cm³/mol.